The van der Waals surface area contributed by atoms with Gasteiger partial charge in [-0.3, -0.25) is 0 Å². The molecule has 6 rings (SSSR count). The van der Waals surface area contributed by atoms with Crippen molar-refractivity contribution < 1.29 is 43.2 Å². The van der Waals surface area contributed by atoms with E-state index in [-0.39, 0.29) is 11.1 Å². The summed E-state index contributed by atoms with van der Waals surface area (Å²) in [4.78, 5) is -3.83. The molecule has 4 nitrogen and oxygen atoms in total. The molecule has 4 aliphatic rings. The molecule has 0 unspecified atom stereocenters. The van der Waals surface area contributed by atoms with Crippen LogP contribution in [-0.4, -0.2) is 34.6 Å². The Morgan fingerprint density at radius 1 is 0.538 bits per heavy atom. The highest BCUT2D eigenvalue weighted by molar-refractivity contribution is 8.05. The van der Waals surface area contributed by atoms with E-state index < -0.39 is 79.0 Å². The van der Waals surface area contributed by atoms with Crippen molar-refractivity contribution in [3.8, 4) is 0 Å². The first kappa shape index (κ1) is 26.1. The first-order valence-electron chi connectivity index (χ1n) is 11.6. The van der Waals surface area contributed by atoms with E-state index in [1.54, 1.807) is 12.1 Å². The molecule has 2 aromatic rings. The summed E-state index contributed by atoms with van der Waals surface area (Å²) in [6.07, 6.45) is 2.03. The molecule has 12 heteroatoms. The van der Waals surface area contributed by atoms with Crippen LogP contribution in [0.2, 0.25) is 0 Å². The predicted octanol–water partition coefficient (Wildman–Crippen LogP) is 6.38. The van der Waals surface area contributed by atoms with E-state index >= 15 is 17.6 Å². The number of hydrogen-bond acceptors (Lipinski definition) is 4. The lowest BCUT2D eigenvalue weighted by molar-refractivity contribution is -0.258. The average Bonchev–Trinajstić information content (AvgIpc) is 3.26. The highest BCUT2D eigenvalue weighted by atomic mass is 32.2. The maximum Gasteiger partial charge on any atom is 0.380 e. The predicted molar refractivity (Wildman–Crippen MR) is 132 cm³/mol. The Morgan fingerprint density at radius 2 is 0.846 bits per heavy atom. The number of sulfone groups is 2. The second-order valence-electron chi connectivity index (χ2n) is 10.3. The molecule has 0 saturated heterocycles. The van der Waals surface area contributed by atoms with E-state index in [1.807, 2.05) is 0 Å². The molecule has 2 aliphatic heterocycles. The summed E-state index contributed by atoms with van der Waals surface area (Å²) in [5.41, 5.74) is -8.78. The van der Waals surface area contributed by atoms with Crippen LogP contribution in [0.5, 0.6) is 0 Å². The van der Waals surface area contributed by atoms with Gasteiger partial charge in [-0.25, -0.2) is 16.8 Å². The van der Waals surface area contributed by atoms with E-state index in [2.05, 4.69) is 0 Å². The lowest BCUT2D eigenvalue weighted by Gasteiger charge is -2.44. The third-order valence-corrected chi connectivity index (χ3v) is 12.4. The minimum Gasteiger partial charge on any atom is -0.219 e. The molecule has 2 aliphatic carbocycles. The Bertz CT molecular complexity index is 1690. The summed E-state index contributed by atoms with van der Waals surface area (Å²) in [6.45, 7) is 2.20. The molecule has 2 heterocycles. The van der Waals surface area contributed by atoms with Crippen LogP contribution in [0.3, 0.4) is 0 Å². The van der Waals surface area contributed by atoms with Gasteiger partial charge in [0.15, 0.2) is 0 Å². The third kappa shape index (κ3) is 2.71. The van der Waals surface area contributed by atoms with Crippen LogP contribution >= 0.6 is 0 Å². The van der Waals surface area contributed by atoms with Crippen LogP contribution in [0.4, 0.5) is 26.3 Å². The number of alkyl halides is 6. The van der Waals surface area contributed by atoms with Gasteiger partial charge in [0.25, 0.3) is 0 Å². The van der Waals surface area contributed by atoms with Gasteiger partial charge in [0.2, 0.25) is 19.7 Å². The fourth-order valence-electron chi connectivity index (χ4n) is 6.17. The van der Waals surface area contributed by atoms with Crippen molar-refractivity contribution in [1.29, 1.82) is 0 Å². The third-order valence-electron chi connectivity index (χ3n) is 8.22. The Kier molecular flexibility index (Phi) is 4.78. The van der Waals surface area contributed by atoms with E-state index in [1.165, 1.54) is 48.5 Å². The SMILES string of the molecule is C[C@@]12C=C(c3ccccc3)S(=O)(=O)C1=C1C(=C3[C@@]2(C)C=C(c2ccccc2)S3(=O)=O)C(F)(F)C(F)(F)C1(F)F. The van der Waals surface area contributed by atoms with E-state index in [0.717, 1.165) is 26.0 Å². The highest BCUT2D eigenvalue weighted by Gasteiger charge is 2.86. The minimum absolute atomic E-state index is 0.000810. The van der Waals surface area contributed by atoms with E-state index in [0.29, 0.717) is 0 Å². The molecule has 204 valence electrons. The van der Waals surface area contributed by atoms with Gasteiger partial charge >= 0.3 is 17.8 Å². The zero-order valence-electron chi connectivity index (χ0n) is 20.1. The second kappa shape index (κ2) is 7.14. The van der Waals surface area contributed by atoms with Gasteiger partial charge in [-0.05, 0) is 11.1 Å². The van der Waals surface area contributed by atoms with Crippen molar-refractivity contribution in [3.05, 3.63) is 105 Å². The van der Waals surface area contributed by atoms with E-state index in [4.69, 9.17) is 0 Å². The number of fused-ring (bicyclic) bond motifs is 4. The lowest BCUT2D eigenvalue weighted by Crippen LogP contribution is -2.47. The fourth-order valence-corrected chi connectivity index (χ4v) is 10.9. The average molecular weight is 585 g/mol. The van der Waals surface area contributed by atoms with Gasteiger partial charge in [0, 0.05) is 10.8 Å². The highest BCUT2D eigenvalue weighted by Crippen LogP contribution is 2.75. The first-order chi connectivity index (χ1) is 17.9. The fraction of sp³-hybridized carbons (Fsp3) is 0.259. The molecule has 1 fully saturated rings. The van der Waals surface area contributed by atoms with Crippen molar-refractivity contribution >= 4 is 29.5 Å². The van der Waals surface area contributed by atoms with Gasteiger partial charge in [-0.2, -0.15) is 26.3 Å². The van der Waals surface area contributed by atoms with Gasteiger partial charge in [0.05, 0.1) is 30.8 Å². The Hall–Kier alpha value is -3.12. The van der Waals surface area contributed by atoms with Gasteiger partial charge in [0.1, 0.15) is 0 Å². The molecule has 2 atom stereocenters. The first-order valence-corrected chi connectivity index (χ1v) is 14.6. The van der Waals surface area contributed by atoms with Crippen LogP contribution in [0.1, 0.15) is 25.0 Å². The molecule has 0 bridgehead atoms. The monoisotopic (exact) mass is 584 g/mol. The number of benzene rings is 2. The summed E-state index contributed by atoms with van der Waals surface area (Å²) >= 11 is 0. The molecule has 2 aromatic carbocycles. The summed E-state index contributed by atoms with van der Waals surface area (Å²) in [7, 11) is -10.2. The minimum atomic E-state index is -6.10. The maximum atomic E-state index is 15.5. The number of allylic oxidation sites excluding steroid dienone is 6. The van der Waals surface area contributed by atoms with Crippen LogP contribution in [-0.2, 0) is 19.7 Å². The summed E-state index contributed by atoms with van der Waals surface area (Å²) in [6, 6.07) is 14.2. The zero-order chi connectivity index (χ0) is 28.6. The molecule has 39 heavy (non-hydrogen) atoms. The molecule has 0 N–H and O–H groups in total. The molecule has 0 spiro atoms. The number of halogens is 6. The van der Waals surface area contributed by atoms with Crippen molar-refractivity contribution in [2.24, 2.45) is 10.8 Å². The summed E-state index contributed by atoms with van der Waals surface area (Å²) in [5.74, 6) is -17.5. The van der Waals surface area contributed by atoms with Crippen LogP contribution in [0.25, 0.3) is 9.81 Å². The molecular weight excluding hydrogens is 566 g/mol. The van der Waals surface area contributed by atoms with Crippen molar-refractivity contribution in [2.45, 2.75) is 31.6 Å². The summed E-state index contributed by atoms with van der Waals surface area (Å²) in [5, 5.41) is 0. The molecule has 0 amide bonds. The van der Waals surface area contributed by atoms with Gasteiger partial charge in [-0.15, -0.1) is 0 Å². The largest absolute Gasteiger partial charge is 0.380 e. The number of hydrogen-bond donors (Lipinski definition) is 0. The second-order valence-corrected chi connectivity index (χ2v) is 14.0. The van der Waals surface area contributed by atoms with Crippen molar-refractivity contribution in [1.82, 2.24) is 0 Å². The van der Waals surface area contributed by atoms with Gasteiger partial charge < -0.3 is 0 Å². The Morgan fingerprint density at radius 3 is 1.15 bits per heavy atom. The molecule has 0 radical (unpaired) electrons. The van der Waals surface area contributed by atoms with Crippen molar-refractivity contribution in [3.63, 3.8) is 0 Å². The van der Waals surface area contributed by atoms with Crippen LogP contribution < -0.4 is 0 Å². The molecule has 0 aromatic heterocycles. The normalized spacial score (nSPS) is 32.3. The molecule has 1 saturated carbocycles. The summed E-state index contributed by atoms with van der Waals surface area (Å²) < 4.78 is 147. The standard InChI is InChI=1S/C27H18F6O4S2/c1-23-13-17(15-9-5-3-6-10-15)38(34,35)21(23)19-20(26(30,31)27(32,33)25(19,28)29)22-24(23,2)14-18(39(22,36)37)16-11-7-4-8-12-16/h3-14H,1-2H3/t23-,24-/m1/s1. The Labute approximate surface area is 219 Å². The van der Waals surface area contributed by atoms with Gasteiger partial charge in [-0.1, -0.05) is 86.7 Å². The maximum absolute atomic E-state index is 15.5. The zero-order valence-corrected chi connectivity index (χ0v) is 21.8. The Balaban J connectivity index is 1.84. The smallest absolute Gasteiger partial charge is 0.219 e. The lowest BCUT2D eigenvalue weighted by atomic mass is 9.60. The van der Waals surface area contributed by atoms with Crippen LogP contribution in [0.15, 0.2) is 93.8 Å². The van der Waals surface area contributed by atoms with E-state index in [9.17, 15) is 25.6 Å². The molecular formula is C27H18F6O4S2. The van der Waals surface area contributed by atoms with Crippen molar-refractivity contribution in [2.75, 3.05) is 0 Å². The quantitative estimate of drug-likeness (QED) is 0.385. The van der Waals surface area contributed by atoms with Crippen LogP contribution in [0, 0.1) is 10.8 Å². The number of rotatable bonds is 2. The topological polar surface area (TPSA) is 68.3 Å².